The number of anilines is 1. The summed E-state index contributed by atoms with van der Waals surface area (Å²) in [5.74, 6) is 0.364. The summed E-state index contributed by atoms with van der Waals surface area (Å²) in [4.78, 5) is 11.7. The number of nitrogens with zero attached hydrogens (tertiary/aromatic N) is 3. The monoisotopic (exact) mass is 304 g/mol. The van der Waals surface area contributed by atoms with Gasteiger partial charge in [-0.1, -0.05) is 42.5 Å². The molecule has 0 fully saturated rings. The smallest absolute Gasteiger partial charge is 0.228 e. The molecule has 100 valence electrons. The average molecular weight is 305 g/mol. The lowest BCUT2D eigenvalue weighted by Crippen LogP contribution is -2.05. The van der Waals surface area contributed by atoms with E-state index in [0.29, 0.717) is 12.5 Å². The van der Waals surface area contributed by atoms with Crippen molar-refractivity contribution in [3.8, 4) is 0 Å². The first-order chi connectivity index (χ1) is 9.72. The predicted octanol–water partition coefficient (Wildman–Crippen LogP) is 3.94. The van der Waals surface area contributed by atoms with Gasteiger partial charge in [0.1, 0.15) is 0 Å². The number of rotatable bonds is 3. The van der Waals surface area contributed by atoms with E-state index in [1.54, 1.807) is 0 Å². The number of fused-ring (bicyclic) bond motifs is 1. The topological polar surface area (TPSA) is 50.7 Å². The molecule has 1 aromatic heterocycles. The lowest BCUT2D eigenvalue weighted by molar-refractivity contribution is 1.01. The van der Waals surface area contributed by atoms with E-state index >= 15 is 0 Å². The van der Waals surface area contributed by atoms with Crippen molar-refractivity contribution in [3.05, 3.63) is 58.6 Å². The predicted molar refractivity (Wildman–Crippen MR) is 81.1 cm³/mol. The fourth-order valence-corrected chi connectivity index (χ4v) is 2.39. The summed E-state index contributed by atoms with van der Waals surface area (Å²) < 4.78 is 0. The largest absolute Gasteiger partial charge is 0.350 e. The zero-order chi connectivity index (χ0) is 13.9. The maximum Gasteiger partial charge on any atom is 0.228 e. The number of hydrogen-bond donors (Lipinski definition) is 1. The molecular weight excluding hydrogens is 295 g/mol. The van der Waals surface area contributed by atoms with Gasteiger partial charge < -0.3 is 5.32 Å². The van der Waals surface area contributed by atoms with Gasteiger partial charge in [0.2, 0.25) is 16.5 Å². The van der Waals surface area contributed by atoms with E-state index in [4.69, 9.17) is 23.2 Å². The minimum absolute atomic E-state index is 0.0745. The highest BCUT2D eigenvalue weighted by molar-refractivity contribution is 6.31. The Morgan fingerprint density at radius 1 is 0.850 bits per heavy atom. The molecule has 3 rings (SSSR count). The van der Waals surface area contributed by atoms with Crippen LogP contribution in [0.15, 0.2) is 42.5 Å². The molecule has 0 aliphatic heterocycles. The van der Waals surface area contributed by atoms with Crippen LogP contribution in [0.2, 0.25) is 10.6 Å². The quantitative estimate of drug-likeness (QED) is 0.796. The van der Waals surface area contributed by atoms with E-state index in [1.165, 1.54) is 10.8 Å². The molecule has 0 bridgehead atoms. The number of halogens is 2. The summed E-state index contributed by atoms with van der Waals surface area (Å²) >= 11 is 11.5. The molecule has 2 aromatic carbocycles. The van der Waals surface area contributed by atoms with Gasteiger partial charge in [-0.2, -0.15) is 15.0 Å². The van der Waals surface area contributed by atoms with Crippen LogP contribution >= 0.6 is 23.2 Å². The van der Waals surface area contributed by atoms with Gasteiger partial charge in [-0.3, -0.25) is 0 Å². The fourth-order valence-electron chi connectivity index (χ4n) is 2.03. The van der Waals surface area contributed by atoms with Crippen LogP contribution in [0.25, 0.3) is 10.8 Å². The molecule has 1 N–H and O–H groups in total. The van der Waals surface area contributed by atoms with Crippen molar-refractivity contribution in [2.24, 2.45) is 0 Å². The third kappa shape index (κ3) is 2.81. The van der Waals surface area contributed by atoms with Crippen molar-refractivity contribution in [2.75, 3.05) is 5.32 Å². The molecule has 0 amide bonds. The van der Waals surface area contributed by atoms with Crippen LogP contribution in [-0.2, 0) is 6.54 Å². The highest BCUT2D eigenvalue weighted by atomic mass is 35.5. The molecule has 6 heteroatoms. The van der Waals surface area contributed by atoms with Crippen LogP contribution in [0.3, 0.4) is 0 Å². The summed E-state index contributed by atoms with van der Waals surface area (Å²) in [5, 5.41) is 5.63. The molecule has 0 saturated heterocycles. The maximum atomic E-state index is 5.74. The molecule has 0 radical (unpaired) electrons. The van der Waals surface area contributed by atoms with Crippen LogP contribution in [0.4, 0.5) is 5.95 Å². The molecule has 0 atom stereocenters. The van der Waals surface area contributed by atoms with Crippen molar-refractivity contribution >= 4 is 39.9 Å². The second-order valence-corrected chi connectivity index (χ2v) is 4.87. The van der Waals surface area contributed by atoms with Crippen molar-refractivity contribution in [3.63, 3.8) is 0 Å². The van der Waals surface area contributed by atoms with Gasteiger partial charge in [-0.05, 0) is 39.5 Å². The standard InChI is InChI=1S/C14H10Cl2N4/c15-12-18-13(16)20-14(19-12)17-8-10-6-3-5-9-4-1-2-7-11(9)10/h1-7H,8H2,(H,17,18,19,20). The van der Waals surface area contributed by atoms with E-state index in [1.807, 2.05) is 18.2 Å². The van der Waals surface area contributed by atoms with Gasteiger partial charge in [-0.25, -0.2) is 0 Å². The molecule has 0 aliphatic carbocycles. The first-order valence-corrected chi connectivity index (χ1v) is 6.75. The number of hydrogen-bond acceptors (Lipinski definition) is 4. The van der Waals surface area contributed by atoms with Gasteiger partial charge in [0.15, 0.2) is 0 Å². The van der Waals surface area contributed by atoms with Crippen LogP contribution in [0.5, 0.6) is 0 Å². The molecule has 0 saturated carbocycles. The molecule has 1 heterocycles. The molecule has 0 aliphatic rings. The van der Waals surface area contributed by atoms with E-state index in [9.17, 15) is 0 Å². The Morgan fingerprint density at radius 3 is 2.35 bits per heavy atom. The van der Waals surface area contributed by atoms with Crippen LogP contribution in [0.1, 0.15) is 5.56 Å². The zero-order valence-corrected chi connectivity index (χ0v) is 11.9. The van der Waals surface area contributed by atoms with Crippen molar-refractivity contribution in [1.82, 2.24) is 15.0 Å². The first-order valence-electron chi connectivity index (χ1n) is 6.00. The second-order valence-electron chi connectivity index (χ2n) is 4.19. The normalized spacial score (nSPS) is 10.7. The Balaban J connectivity index is 1.87. The molecule has 0 unspecified atom stereocenters. The van der Waals surface area contributed by atoms with Crippen LogP contribution in [-0.4, -0.2) is 15.0 Å². The van der Waals surface area contributed by atoms with E-state index in [-0.39, 0.29) is 10.6 Å². The Hall–Kier alpha value is -1.91. The minimum atomic E-state index is 0.0745. The SMILES string of the molecule is Clc1nc(Cl)nc(NCc2cccc3ccccc23)n1. The Morgan fingerprint density at radius 2 is 1.55 bits per heavy atom. The second kappa shape index (κ2) is 5.61. The van der Waals surface area contributed by atoms with Gasteiger partial charge >= 0.3 is 0 Å². The number of aromatic nitrogens is 3. The Labute approximate surface area is 125 Å². The maximum absolute atomic E-state index is 5.74. The molecular formula is C14H10Cl2N4. The van der Waals surface area contributed by atoms with Crippen molar-refractivity contribution in [1.29, 1.82) is 0 Å². The summed E-state index contributed by atoms with van der Waals surface area (Å²) in [5.41, 5.74) is 1.15. The summed E-state index contributed by atoms with van der Waals surface area (Å²) in [6.07, 6.45) is 0. The average Bonchev–Trinajstić information content (AvgIpc) is 2.44. The van der Waals surface area contributed by atoms with Crippen LogP contribution in [0, 0.1) is 0 Å². The fraction of sp³-hybridized carbons (Fsp3) is 0.0714. The summed E-state index contributed by atoms with van der Waals surface area (Å²) in [6, 6.07) is 14.4. The van der Waals surface area contributed by atoms with Gasteiger partial charge in [0.05, 0.1) is 0 Å². The van der Waals surface area contributed by atoms with Gasteiger partial charge in [-0.15, -0.1) is 0 Å². The molecule has 20 heavy (non-hydrogen) atoms. The van der Waals surface area contributed by atoms with Crippen molar-refractivity contribution in [2.45, 2.75) is 6.54 Å². The molecule has 3 aromatic rings. The third-order valence-electron chi connectivity index (χ3n) is 2.90. The number of nitrogens with one attached hydrogen (secondary N) is 1. The lowest BCUT2D eigenvalue weighted by atomic mass is 10.0. The minimum Gasteiger partial charge on any atom is -0.350 e. The third-order valence-corrected chi connectivity index (χ3v) is 3.24. The van der Waals surface area contributed by atoms with Gasteiger partial charge in [0.25, 0.3) is 0 Å². The Kier molecular flexibility index (Phi) is 3.67. The van der Waals surface area contributed by atoms with E-state index < -0.39 is 0 Å². The van der Waals surface area contributed by atoms with Crippen molar-refractivity contribution < 1.29 is 0 Å². The van der Waals surface area contributed by atoms with Crippen LogP contribution < -0.4 is 5.32 Å². The Bertz CT molecular complexity index is 736. The van der Waals surface area contributed by atoms with E-state index in [0.717, 1.165) is 5.56 Å². The van der Waals surface area contributed by atoms with E-state index in [2.05, 4.69) is 44.5 Å². The van der Waals surface area contributed by atoms with Gasteiger partial charge in [0, 0.05) is 6.54 Å². The number of benzene rings is 2. The first kappa shape index (κ1) is 13.1. The lowest BCUT2D eigenvalue weighted by Gasteiger charge is -2.08. The molecule has 4 nitrogen and oxygen atoms in total. The molecule has 0 spiro atoms. The highest BCUT2D eigenvalue weighted by Crippen LogP contribution is 2.19. The summed E-state index contributed by atoms with van der Waals surface area (Å²) in [7, 11) is 0. The zero-order valence-electron chi connectivity index (χ0n) is 10.3. The highest BCUT2D eigenvalue weighted by Gasteiger charge is 2.04. The summed E-state index contributed by atoms with van der Waals surface area (Å²) in [6.45, 7) is 0.581.